The van der Waals surface area contributed by atoms with Gasteiger partial charge in [-0.15, -0.1) is 0 Å². The number of fused-ring (bicyclic) bond motifs is 1. The molecule has 62 heavy (non-hydrogen) atoms. The lowest BCUT2D eigenvalue weighted by atomic mass is 9.71. The zero-order valence-electron chi connectivity index (χ0n) is 39.8. The maximum Gasteiger partial charge on any atom is 0.277 e. The molecule has 2 radical (unpaired) electrons. The smallest absolute Gasteiger partial charge is 0.277 e. The van der Waals surface area contributed by atoms with Crippen LogP contribution in [0, 0.1) is 11.3 Å². The molecule has 0 aromatic carbocycles. The van der Waals surface area contributed by atoms with Crippen LogP contribution in [0.4, 0.5) is 17.5 Å². The number of pyridine rings is 1. The highest BCUT2D eigenvalue weighted by Gasteiger charge is 2.39. The molecule has 3 saturated heterocycles. The molecule has 0 amide bonds. The largest absolute Gasteiger partial charge is 0.417 e. The van der Waals surface area contributed by atoms with Crippen LogP contribution in [0.15, 0.2) is 35.5 Å². The molecule has 1 unspecified atom stereocenters. The zero-order chi connectivity index (χ0) is 44.5. The topological polar surface area (TPSA) is 124 Å². The molecule has 4 aromatic heterocycles. The van der Waals surface area contributed by atoms with E-state index in [1.807, 2.05) is 6.20 Å². The molecule has 0 saturated carbocycles. The average molecular weight is 886 g/mol. The zero-order valence-corrected chi connectivity index (χ0v) is 41.8. The lowest BCUT2D eigenvalue weighted by Crippen LogP contribution is -2.47. The van der Waals surface area contributed by atoms with Crippen LogP contribution >= 0.6 is 0 Å². The molecule has 340 valence electrons. The van der Waals surface area contributed by atoms with E-state index in [9.17, 15) is 4.79 Å². The lowest BCUT2D eigenvalue weighted by Gasteiger charge is -2.46. The van der Waals surface area contributed by atoms with Crippen LogP contribution in [0.25, 0.3) is 22.3 Å². The highest BCUT2D eigenvalue weighted by Crippen LogP contribution is 2.42. The summed E-state index contributed by atoms with van der Waals surface area (Å²) in [7, 11) is 2.94. The first-order valence-corrected chi connectivity index (χ1v) is 27.3. The van der Waals surface area contributed by atoms with Crippen molar-refractivity contribution in [1.82, 2.24) is 43.9 Å². The minimum Gasteiger partial charge on any atom is -0.417 e. The van der Waals surface area contributed by atoms with Gasteiger partial charge < -0.3 is 29.2 Å². The molecule has 7 rings (SSSR count). The van der Waals surface area contributed by atoms with Gasteiger partial charge in [0.2, 0.25) is 0 Å². The SMILES string of the molecule is C[C@@H](CCO[Si](C)(C)C(C)(C)C)n1nc(N2CCC(CN3CCC4(CCN(C)CC4)CC3)C2)c2cnc(Nc3ccnc(-c4cn(COCC[Si]C(C)(C)C)n(C)c4=O)n3)cc21. The number of ether oxygens (including phenoxy) is 1. The van der Waals surface area contributed by atoms with Gasteiger partial charge in [-0.2, -0.15) is 5.10 Å². The van der Waals surface area contributed by atoms with Gasteiger partial charge in [-0.05, 0) is 125 Å². The van der Waals surface area contributed by atoms with Gasteiger partial charge in [-0.25, -0.2) is 15.0 Å². The van der Waals surface area contributed by atoms with E-state index in [1.54, 1.807) is 34.9 Å². The first-order valence-electron chi connectivity index (χ1n) is 23.2. The molecular weight excluding hydrogens is 811 g/mol. The number of hydrogen-bond acceptors (Lipinski definition) is 11. The summed E-state index contributed by atoms with van der Waals surface area (Å²) in [5, 5.41) is 10.3. The quantitative estimate of drug-likeness (QED) is 0.0869. The summed E-state index contributed by atoms with van der Waals surface area (Å²) in [6.45, 7) is 30.3. The summed E-state index contributed by atoms with van der Waals surface area (Å²) >= 11 is 0. The van der Waals surface area contributed by atoms with Crippen molar-refractivity contribution in [3.63, 3.8) is 0 Å². The normalized spacial score (nSPS) is 19.9. The summed E-state index contributed by atoms with van der Waals surface area (Å²) in [4.78, 5) is 35.3. The second kappa shape index (κ2) is 19.0. The lowest BCUT2D eigenvalue weighted by molar-refractivity contribution is 0.0383. The number of rotatable bonds is 16. The molecule has 2 atom stereocenters. The van der Waals surface area contributed by atoms with Gasteiger partial charge in [0.1, 0.15) is 23.9 Å². The summed E-state index contributed by atoms with van der Waals surface area (Å²) < 4.78 is 18.1. The summed E-state index contributed by atoms with van der Waals surface area (Å²) in [5.41, 5.74) is 1.85. The Bertz CT molecular complexity index is 2170. The fourth-order valence-corrected chi connectivity index (χ4v) is 11.1. The van der Waals surface area contributed by atoms with Crippen molar-refractivity contribution < 1.29 is 9.16 Å². The second-order valence-corrected chi connectivity index (χ2v) is 28.4. The van der Waals surface area contributed by atoms with E-state index in [-0.39, 0.29) is 23.4 Å². The van der Waals surface area contributed by atoms with Gasteiger partial charge in [0.05, 0.1) is 16.9 Å². The predicted molar refractivity (Wildman–Crippen MR) is 255 cm³/mol. The Balaban J connectivity index is 1.06. The minimum atomic E-state index is -1.89. The Labute approximate surface area is 374 Å². The Morgan fingerprint density at radius 3 is 2.42 bits per heavy atom. The van der Waals surface area contributed by atoms with Gasteiger partial charge in [0.25, 0.3) is 5.56 Å². The van der Waals surface area contributed by atoms with Crippen molar-refractivity contribution in [2.24, 2.45) is 18.4 Å². The third kappa shape index (κ3) is 11.1. The number of hydrogen-bond donors (Lipinski definition) is 1. The molecule has 0 bridgehead atoms. The summed E-state index contributed by atoms with van der Waals surface area (Å²) in [6, 6.07) is 5.00. The molecule has 0 aliphatic carbocycles. The molecular formula is C46H75N11O3Si2. The number of nitrogens with one attached hydrogen (secondary N) is 1. The van der Waals surface area contributed by atoms with Gasteiger partial charge in [-0.3, -0.25) is 18.8 Å². The molecule has 14 nitrogen and oxygen atoms in total. The maximum absolute atomic E-state index is 13.4. The number of aromatic nitrogens is 7. The van der Waals surface area contributed by atoms with Crippen molar-refractivity contribution in [3.05, 3.63) is 41.1 Å². The number of piperidine rings is 2. The molecule has 3 aliphatic rings. The first-order chi connectivity index (χ1) is 29.3. The fraction of sp³-hybridized carbons (Fsp3) is 0.717. The van der Waals surface area contributed by atoms with Crippen molar-refractivity contribution in [1.29, 1.82) is 0 Å². The molecule has 1 spiro atoms. The van der Waals surface area contributed by atoms with Crippen LogP contribution in [-0.4, -0.2) is 128 Å². The van der Waals surface area contributed by atoms with Crippen LogP contribution in [-0.2, 0) is 22.9 Å². The Morgan fingerprint density at radius 2 is 1.71 bits per heavy atom. The van der Waals surface area contributed by atoms with Crippen molar-refractivity contribution in [2.75, 3.05) is 76.3 Å². The highest BCUT2D eigenvalue weighted by molar-refractivity contribution is 6.74. The van der Waals surface area contributed by atoms with Crippen LogP contribution in [0.1, 0.15) is 93.0 Å². The van der Waals surface area contributed by atoms with Gasteiger partial charge >= 0.3 is 0 Å². The molecule has 3 aliphatic heterocycles. The molecule has 4 aromatic rings. The average Bonchev–Trinajstić information content (AvgIpc) is 3.91. The van der Waals surface area contributed by atoms with Gasteiger partial charge in [0.15, 0.2) is 20.0 Å². The molecule has 3 fully saturated rings. The number of likely N-dealkylation sites (tertiary alicyclic amines) is 2. The van der Waals surface area contributed by atoms with Crippen molar-refractivity contribution in [3.8, 4) is 11.4 Å². The minimum absolute atomic E-state index is 0.110. The Hall–Kier alpha value is -3.42. The third-order valence-electron chi connectivity index (χ3n) is 14.3. The summed E-state index contributed by atoms with van der Waals surface area (Å²) in [6.07, 6.45) is 12.9. The maximum atomic E-state index is 13.4. The monoisotopic (exact) mass is 886 g/mol. The second-order valence-electron chi connectivity index (χ2n) is 21.2. The van der Waals surface area contributed by atoms with Crippen LogP contribution in [0.5, 0.6) is 0 Å². The Kier molecular flexibility index (Phi) is 14.2. The van der Waals surface area contributed by atoms with Crippen LogP contribution < -0.4 is 15.8 Å². The fourth-order valence-electron chi connectivity index (χ4n) is 9.02. The standard InChI is InChI=1S/C46H75N11O3Si2/c1-34(14-25-60-62(10,11)45(5,6)7)57-38-28-40(49-39-12-19-47-41(50-39)37-32-56(53(9)43(37)58)33-59-26-27-61-44(2,3)4)48-29-36(38)42(51-57)55-20-13-35(31-55)30-54-23-17-46(18-24-54)15-21-52(8)22-16-46/h12,19,28-29,32,34-35H,13-18,20-27,30-31,33H2,1-11H3,(H,47,48,49,50)/t34-,35?/m0/s1. The van der Waals surface area contributed by atoms with Crippen molar-refractivity contribution in [2.45, 2.75) is 129 Å². The highest BCUT2D eigenvalue weighted by atomic mass is 28.4. The third-order valence-corrected chi connectivity index (χ3v) is 20.4. The first kappa shape index (κ1) is 46.6. The van der Waals surface area contributed by atoms with Crippen LogP contribution in [0.2, 0.25) is 29.2 Å². The van der Waals surface area contributed by atoms with E-state index in [4.69, 9.17) is 24.2 Å². The van der Waals surface area contributed by atoms with E-state index in [2.05, 4.69) is 104 Å². The Morgan fingerprint density at radius 1 is 0.984 bits per heavy atom. The van der Waals surface area contributed by atoms with E-state index < -0.39 is 8.32 Å². The molecule has 16 heteroatoms. The van der Waals surface area contributed by atoms with E-state index >= 15 is 0 Å². The van der Waals surface area contributed by atoms with Gasteiger partial charge in [0, 0.05) is 74.1 Å². The van der Waals surface area contributed by atoms with E-state index in [0.29, 0.717) is 52.6 Å². The number of anilines is 3. The molecule has 1 N–H and O–H groups in total. The van der Waals surface area contributed by atoms with Crippen molar-refractivity contribution >= 4 is 46.2 Å². The van der Waals surface area contributed by atoms with Crippen LogP contribution in [0.3, 0.4) is 0 Å². The number of nitrogens with zero attached hydrogens (tertiary/aromatic N) is 10. The molecule has 7 heterocycles. The van der Waals surface area contributed by atoms with Gasteiger partial charge in [-0.1, -0.05) is 41.5 Å². The van der Waals surface area contributed by atoms with E-state index in [0.717, 1.165) is 51.8 Å². The van der Waals surface area contributed by atoms with E-state index in [1.165, 1.54) is 64.8 Å². The predicted octanol–water partition coefficient (Wildman–Crippen LogP) is 8.05. The summed E-state index contributed by atoms with van der Waals surface area (Å²) in [5.74, 6) is 3.20.